The van der Waals surface area contributed by atoms with Crippen LogP contribution in [-0.4, -0.2) is 10.9 Å². The quantitative estimate of drug-likeness (QED) is 0.636. The first-order chi connectivity index (χ1) is 13.1. The lowest BCUT2D eigenvalue weighted by Gasteiger charge is -2.07. The molecule has 0 aliphatic heterocycles. The molecule has 0 aliphatic carbocycles. The predicted octanol–water partition coefficient (Wildman–Crippen LogP) is 4.93. The normalized spacial score (nSPS) is 10.7. The van der Waals surface area contributed by atoms with Gasteiger partial charge in [-0.3, -0.25) is 9.78 Å². The van der Waals surface area contributed by atoms with Gasteiger partial charge >= 0.3 is 0 Å². The number of anilines is 1. The van der Waals surface area contributed by atoms with Crippen LogP contribution in [0.5, 0.6) is 5.75 Å². The zero-order valence-corrected chi connectivity index (χ0v) is 15.5. The average molecular weight is 358 g/mol. The second-order valence-electron chi connectivity index (χ2n) is 6.32. The minimum Gasteiger partial charge on any atom is -0.487 e. The molecule has 2 aromatic carbocycles. The molecule has 0 fully saturated rings. The maximum absolute atomic E-state index is 12.1. The van der Waals surface area contributed by atoms with Gasteiger partial charge in [0, 0.05) is 18.0 Å². The van der Waals surface area contributed by atoms with Crippen molar-refractivity contribution >= 4 is 17.7 Å². The smallest absolute Gasteiger partial charge is 0.248 e. The van der Waals surface area contributed by atoms with Crippen LogP contribution in [0, 0.1) is 13.8 Å². The zero-order valence-electron chi connectivity index (χ0n) is 15.5. The molecule has 0 saturated carbocycles. The first kappa shape index (κ1) is 18.4. The van der Waals surface area contributed by atoms with Gasteiger partial charge in [0.15, 0.2) is 0 Å². The number of nitrogens with one attached hydrogen (secondary N) is 1. The van der Waals surface area contributed by atoms with Crippen LogP contribution in [0.1, 0.15) is 22.4 Å². The summed E-state index contributed by atoms with van der Waals surface area (Å²) in [5, 5.41) is 2.90. The van der Waals surface area contributed by atoms with Crippen LogP contribution in [0.25, 0.3) is 6.08 Å². The fourth-order valence-electron chi connectivity index (χ4n) is 2.62. The highest BCUT2D eigenvalue weighted by atomic mass is 16.5. The number of ether oxygens (including phenoxy) is 1. The van der Waals surface area contributed by atoms with Gasteiger partial charge in [-0.05, 0) is 61.4 Å². The maximum atomic E-state index is 12.1. The standard InChI is InChI=1S/C23H22N2O2/c1-17-6-12-22(18(2)15-17)25-23(26)13-9-19-7-10-21(11-8-19)27-16-20-5-3-4-14-24-20/h3-15H,16H2,1-2H3,(H,25,26). The van der Waals surface area contributed by atoms with Crippen LogP contribution < -0.4 is 10.1 Å². The van der Waals surface area contributed by atoms with E-state index in [9.17, 15) is 4.79 Å². The van der Waals surface area contributed by atoms with Crippen LogP contribution >= 0.6 is 0 Å². The van der Waals surface area contributed by atoms with E-state index in [-0.39, 0.29) is 5.91 Å². The molecule has 0 saturated heterocycles. The molecule has 4 nitrogen and oxygen atoms in total. The number of carbonyl (C=O) groups is 1. The molecule has 1 heterocycles. The molecule has 27 heavy (non-hydrogen) atoms. The number of pyridine rings is 1. The first-order valence-corrected chi connectivity index (χ1v) is 8.79. The highest BCUT2D eigenvalue weighted by Crippen LogP contribution is 2.17. The molecule has 0 aliphatic rings. The third kappa shape index (κ3) is 5.54. The van der Waals surface area contributed by atoms with E-state index in [0.717, 1.165) is 28.3 Å². The van der Waals surface area contributed by atoms with Crippen molar-refractivity contribution in [3.05, 3.63) is 95.3 Å². The van der Waals surface area contributed by atoms with E-state index < -0.39 is 0 Å². The minimum absolute atomic E-state index is 0.155. The van der Waals surface area contributed by atoms with Gasteiger partial charge in [0.1, 0.15) is 12.4 Å². The number of hydrogen-bond donors (Lipinski definition) is 1. The fourth-order valence-corrected chi connectivity index (χ4v) is 2.62. The summed E-state index contributed by atoms with van der Waals surface area (Å²) in [5.41, 5.74) is 4.85. The van der Waals surface area contributed by atoms with Crippen LogP contribution in [0.4, 0.5) is 5.69 Å². The van der Waals surface area contributed by atoms with Gasteiger partial charge in [-0.2, -0.15) is 0 Å². The summed E-state index contributed by atoms with van der Waals surface area (Å²) in [5.74, 6) is 0.606. The molecule has 0 unspecified atom stereocenters. The predicted molar refractivity (Wildman–Crippen MR) is 109 cm³/mol. The highest BCUT2D eigenvalue weighted by molar-refractivity contribution is 6.02. The van der Waals surface area contributed by atoms with Crippen molar-refractivity contribution in [2.75, 3.05) is 5.32 Å². The van der Waals surface area contributed by atoms with Gasteiger partial charge in [-0.15, -0.1) is 0 Å². The van der Waals surface area contributed by atoms with E-state index in [1.54, 1.807) is 12.3 Å². The van der Waals surface area contributed by atoms with Crippen LogP contribution in [-0.2, 0) is 11.4 Å². The largest absolute Gasteiger partial charge is 0.487 e. The molecular weight excluding hydrogens is 336 g/mol. The summed E-state index contributed by atoms with van der Waals surface area (Å²) in [4.78, 5) is 16.3. The van der Waals surface area contributed by atoms with Crippen molar-refractivity contribution in [1.29, 1.82) is 0 Å². The van der Waals surface area contributed by atoms with E-state index in [0.29, 0.717) is 6.61 Å². The Balaban J connectivity index is 1.54. The SMILES string of the molecule is Cc1ccc(NC(=O)C=Cc2ccc(OCc3ccccn3)cc2)c(C)c1. The maximum Gasteiger partial charge on any atom is 0.248 e. The van der Waals surface area contributed by atoms with Crippen molar-refractivity contribution in [1.82, 2.24) is 4.98 Å². The molecular formula is C23H22N2O2. The minimum atomic E-state index is -0.155. The highest BCUT2D eigenvalue weighted by Gasteiger charge is 2.02. The molecule has 0 radical (unpaired) electrons. The summed E-state index contributed by atoms with van der Waals surface area (Å²) in [6.45, 7) is 4.44. The van der Waals surface area contributed by atoms with Crippen molar-refractivity contribution in [2.45, 2.75) is 20.5 Å². The third-order valence-electron chi connectivity index (χ3n) is 4.06. The average Bonchev–Trinajstić information content (AvgIpc) is 2.68. The number of carbonyl (C=O) groups excluding carboxylic acids is 1. The van der Waals surface area contributed by atoms with Gasteiger partial charge in [-0.1, -0.05) is 35.9 Å². The monoisotopic (exact) mass is 358 g/mol. The molecule has 136 valence electrons. The molecule has 3 aromatic rings. The summed E-state index contributed by atoms with van der Waals surface area (Å²) >= 11 is 0. The second-order valence-corrected chi connectivity index (χ2v) is 6.32. The topological polar surface area (TPSA) is 51.2 Å². The number of rotatable bonds is 6. The Bertz CT molecular complexity index is 932. The Morgan fingerprint density at radius 3 is 2.59 bits per heavy atom. The Labute approximate surface area is 159 Å². The number of aromatic nitrogens is 1. The Morgan fingerprint density at radius 2 is 1.89 bits per heavy atom. The van der Waals surface area contributed by atoms with E-state index >= 15 is 0 Å². The van der Waals surface area contributed by atoms with Crippen molar-refractivity contribution in [3.63, 3.8) is 0 Å². The number of hydrogen-bond acceptors (Lipinski definition) is 3. The third-order valence-corrected chi connectivity index (χ3v) is 4.06. The molecule has 1 amide bonds. The number of nitrogens with zero attached hydrogens (tertiary/aromatic N) is 1. The lowest BCUT2D eigenvalue weighted by atomic mass is 10.1. The number of benzene rings is 2. The lowest BCUT2D eigenvalue weighted by molar-refractivity contribution is -0.111. The lowest BCUT2D eigenvalue weighted by Crippen LogP contribution is -2.08. The molecule has 3 rings (SSSR count). The fraction of sp³-hybridized carbons (Fsp3) is 0.130. The number of aryl methyl sites for hydroxylation is 2. The van der Waals surface area contributed by atoms with Crippen molar-refractivity contribution in [2.24, 2.45) is 0 Å². The molecule has 4 heteroatoms. The molecule has 0 bridgehead atoms. The summed E-state index contributed by atoms with van der Waals surface area (Å²) in [7, 11) is 0. The van der Waals surface area contributed by atoms with Gasteiger partial charge in [-0.25, -0.2) is 0 Å². The number of amides is 1. The van der Waals surface area contributed by atoms with Crippen molar-refractivity contribution < 1.29 is 9.53 Å². The van der Waals surface area contributed by atoms with Crippen LogP contribution in [0.3, 0.4) is 0 Å². The summed E-state index contributed by atoms with van der Waals surface area (Å²) < 4.78 is 5.71. The van der Waals surface area contributed by atoms with Crippen LogP contribution in [0.15, 0.2) is 72.9 Å². The summed E-state index contributed by atoms with van der Waals surface area (Å²) in [6.07, 6.45) is 5.06. The molecule has 0 atom stereocenters. The van der Waals surface area contributed by atoms with E-state index in [4.69, 9.17) is 4.74 Å². The van der Waals surface area contributed by atoms with Crippen LogP contribution in [0.2, 0.25) is 0 Å². The zero-order chi connectivity index (χ0) is 19.1. The van der Waals surface area contributed by atoms with E-state index in [2.05, 4.69) is 10.3 Å². The summed E-state index contributed by atoms with van der Waals surface area (Å²) in [6, 6.07) is 19.3. The Morgan fingerprint density at radius 1 is 1.07 bits per heavy atom. The van der Waals surface area contributed by atoms with E-state index in [1.807, 2.05) is 74.5 Å². The Kier molecular flexibility index (Phi) is 6.00. The molecule has 0 spiro atoms. The van der Waals surface area contributed by atoms with Gasteiger partial charge < -0.3 is 10.1 Å². The molecule has 1 aromatic heterocycles. The van der Waals surface area contributed by atoms with Gasteiger partial charge in [0.05, 0.1) is 5.69 Å². The second kappa shape index (κ2) is 8.81. The van der Waals surface area contributed by atoms with E-state index in [1.165, 1.54) is 11.6 Å². The first-order valence-electron chi connectivity index (χ1n) is 8.79. The van der Waals surface area contributed by atoms with Gasteiger partial charge in [0.2, 0.25) is 5.91 Å². The molecule has 1 N–H and O–H groups in total. The van der Waals surface area contributed by atoms with Gasteiger partial charge in [0.25, 0.3) is 0 Å². The Hall–Kier alpha value is -3.40. The van der Waals surface area contributed by atoms with Crippen molar-refractivity contribution in [3.8, 4) is 5.75 Å².